The number of nitrogens with zero attached hydrogens (tertiary/aromatic N) is 1. The van der Waals surface area contributed by atoms with E-state index < -0.39 is 0 Å². The molecule has 1 nitrogen and oxygen atoms in total. The van der Waals surface area contributed by atoms with E-state index in [4.69, 9.17) is 0 Å². The molecule has 0 radical (unpaired) electrons. The van der Waals surface area contributed by atoms with Crippen molar-refractivity contribution in [1.82, 2.24) is 4.90 Å². The molecule has 66 valence electrons. The van der Waals surface area contributed by atoms with Crippen LogP contribution in [0.4, 0.5) is 0 Å². The Morgan fingerprint density at radius 1 is 1.42 bits per heavy atom. The van der Waals surface area contributed by atoms with Gasteiger partial charge in [-0.2, -0.15) is 0 Å². The summed E-state index contributed by atoms with van der Waals surface area (Å²) in [5.41, 5.74) is 3.20. The molecule has 0 aromatic heterocycles. The normalized spacial score (nSPS) is 30.7. The zero-order chi connectivity index (χ0) is 8.55. The highest BCUT2D eigenvalue weighted by Gasteiger charge is 2.18. The van der Waals surface area contributed by atoms with E-state index in [-0.39, 0.29) is 0 Å². The number of fused-ring (bicyclic) bond motifs is 1. The summed E-state index contributed by atoms with van der Waals surface area (Å²) in [6.07, 6.45) is 7.39. The van der Waals surface area contributed by atoms with Gasteiger partial charge in [0.1, 0.15) is 0 Å². The largest absolute Gasteiger partial charge is 0.302 e. The number of piperidine rings is 1. The van der Waals surface area contributed by atoms with Gasteiger partial charge in [-0.3, -0.25) is 0 Å². The summed E-state index contributed by atoms with van der Waals surface area (Å²) in [5.74, 6) is 0.771. The molecule has 1 atom stereocenters. The van der Waals surface area contributed by atoms with Crippen molar-refractivity contribution in [3.63, 3.8) is 0 Å². The van der Waals surface area contributed by atoms with E-state index in [2.05, 4.69) is 31.0 Å². The maximum atomic E-state index is 2.46. The predicted octanol–water partition coefficient (Wildman–Crippen LogP) is 2.21. The highest BCUT2D eigenvalue weighted by molar-refractivity contribution is 5.37. The highest BCUT2D eigenvalue weighted by Crippen LogP contribution is 2.28. The van der Waals surface area contributed by atoms with E-state index >= 15 is 0 Å². The van der Waals surface area contributed by atoms with E-state index in [0.29, 0.717) is 0 Å². The Morgan fingerprint density at radius 3 is 3.08 bits per heavy atom. The van der Waals surface area contributed by atoms with Crippen molar-refractivity contribution in [1.29, 1.82) is 0 Å². The summed E-state index contributed by atoms with van der Waals surface area (Å²) in [6, 6.07) is 0. The second-order valence-corrected chi connectivity index (χ2v) is 4.12. The molecule has 0 aromatic carbocycles. The molecule has 0 amide bonds. The second kappa shape index (κ2) is 3.06. The van der Waals surface area contributed by atoms with Crippen LogP contribution >= 0.6 is 0 Å². The SMILES string of the molecule is CC1C=C2CCN(C)CC2=CC1. The van der Waals surface area contributed by atoms with Crippen molar-refractivity contribution in [2.45, 2.75) is 19.8 Å². The van der Waals surface area contributed by atoms with Crippen LogP contribution in [0.5, 0.6) is 0 Å². The lowest BCUT2D eigenvalue weighted by Gasteiger charge is -2.30. The van der Waals surface area contributed by atoms with Gasteiger partial charge < -0.3 is 4.90 Å². The van der Waals surface area contributed by atoms with E-state index in [0.717, 1.165) is 5.92 Å². The molecule has 1 heterocycles. The van der Waals surface area contributed by atoms with Crippen molar-refractivity contribution >= 4 is 0 Å². The smallest absolute Gasteiger partial charge is 0.0230 e. The van der Waals surface area contributed by atoms with E-state index in [9.17, 15) is 0 Å². The van der Waals surface area contributed by atoms with Crippen LogP contribution in [0, 0.1) is 5.92 Å². The first-order valence-corrected chi connectivity index (χ1v) is 4.84. The zero-order valence-electron chi connectivity index (χ0n) is 8.01. The second-order valence-electron chi connectivity index (χ2n) is 4.12. The zero-order valence-corrected chi connectivity index (χ0v) is 8.01. The fourth-order valence-corrected chi connectivity index (χ4v) is 2.07. The van der Waals surface area contributed by atoms with Crippen LogP contribution in [-0.4, -0.2) is 25.0 Å². The Morgan fingerprint density at radius 2 is 2.25 bits per heavy atom. The van der Waals surface area contributed by atoms with Crippen molar-refractivity contribution in [3.8, 4) is 0 Å². The number of likely N-dealkylation sites (tertiary alicyclic amines) is 1. The maximum Gasteiger partial charge on any atom is 0.0230 e. The molecule has 0 bridgehead atoms. The standard InChI is InChI=1S/C11H17N/c1-9-3-4-11-8-12(2)6-5-10(11)7-9/h4,7,9H,3,5-6,8H2,1-2H3. The minimum atomic E-state index is 0.771. The number of allylic oxidation sites excluding steroid dienone is 2. The first kappa shape index (κ1) is 8.06. The third-order valence-corrected chi connectivity index (χ3v) is 2.84. The van der Waals surface area contributed by atoms with Gasteiger partial charge in [0.2, 0.25) is 0 Å². The minimum absolute atomic E-state index is 0.771. The van der Waals surface area contributed by atoms with Crippen LogP contribution in [-0.2, 0) is 0 Å². The molecule has 12 heavy (non-hydrogen) atoms. The van der Waals surface area contributed by atoms with E-state index in [1.165, 1.54) is 25.9 Å². The van der Waals surface area contributed by atoms with Crippen LogP contribution in [0.25, 0.3) is 0 Å². The molecular formula is C11H17N. The molecule has 1 aliphatic heterocycles. The third kappa shape index (κ3) is 1.46. The van der Waals surface area contributed by atoms with Crippen LogP contribution in [0.3, 0.4) is 0 Å². The summed E-state index contributed by atoms with van der Waals surface area (Å²) in [4.78, 5) is 2.40. The summed E-state index contributed by atoms with van der Waals surface area (Å²) in [6.45, 7) is 4.70. The van der Waals surface area contributed by atoms with Crippen LogP contribution in [0.2, 0.25) is 0 Å². The summed E-state index contributed by atoms with van der Waals surface area (Å²) < 4.78 is 0. The van der Waals surface area contributed by atoms with Crippen molar-refractivity contribution in [2.24, 2.45) is 5.92 Å². The van der Waals surface area contributed by atoms with Gasteiger partial charge in [-0.25, -0.2) is 0 Å². The fraction of sp³-hybridized carbons (Fsp3) is 0.636. The Hall–Kier alpha value is -0.560. The van der Waals surface area contributed by atoms with Gasteiger partial charge in [-0.1, -0.05) is 19.1 Å². The Kier molecular flexibility index (Phi) is 2.05. The number of hydrogen-bond acceptors (Lipinski definition) is 1. The van der Waals surface area contributed by atoms with Crippen LogP contribution < -0.4 is 0 Å². The van der Waals surface area contributed by atoms with Crippen LogP contribution in [0.1, 0.15) is 19.8 Å². The van der Waals surface area contributed by atoms with Gasteiger partial charge in [0, 0.05) is 13.1 Å². The number of rotatable bonds is 0. The summed E-state index contributed by atoms with van der Waals surface area (Å²) in [7, 11) is 2.20. The maximum absolute atomic E-state index is 2.46. The lowest BCUT2D eigenvalue weighted by Crippen LogP contribution is -2.29. The number of hydrogen-bond donors (Lipinski definition) is 0. The minimum Gasteiger partial charge on any atom is -0.302 e. The lowest BCUT2D eigenvalue weighted by atomic mass is 9.87. The summed E-state index contributed by atoms with van der Waals surface area (Å²) >= 11 is 0. The van der Waals surface area contributed by atoms with E-state index in [1.54, 1.807) is 11.1 Å². The first-order chi connectivity index (χ1) is 5.75. The Labute approximate surface area is 74.8 Å². The van der Waals surface area contributed by atoms with Gasteiger partial charge in [-0.05, 0) is 37.0 Å². The topological polar surface area (TPSA) is 3.24 Å². The van der Waals surface area contributed by atoms with Crippen molar-refractivity contribution in [2.75, 3.05) is 20.1 Å². The molecule has 2 aliphatic rings. The van der Waals surface area contributed by atoms with Crippen molar-refractivity contribution < 1.29 is 0 Å². The van der Waals surface area contributed by atoms with Gasteiger partial charge in [0.15, 0.2) is 0 Å². The van der Waals surface area contributed by atoms with Gasteiger partial charge in [0.05, 0.1) is 0 Å². The van der Waals surface area contributed by atoms with Crippen LogP contribution in [0.15, 0.2) is 23.3 Å². The molecule has 2 rings (SSSR count). The van der Waals surface area contributed by atoms with Gasteiger partial charge in [0.25, 0.3) is 0 Å². The van der Waals surface area contributed by atoms with Crippen molar-refractivity contribution in [3.05, 3.63) is 23.3 Å². The molecule has 0 saturated carbocycles. The lowest BCUT2D eigenvalue weighted by molar-refractivity contribution is 0.344. The average molecular weight is 163 g/mol. The summed E-state index contributed by atoms with van der Waals surface area (Å²) in [5, 5.41) is 0. The molecule has 0 spiro atoms. The van der Waals surface area contributed by atoms with Gasteiger partial charge in [-0.15, -0.1) is 0 Å². The monoisotopic (exact) mass is 163 g/mol. The first-order valence-electron chi connectivity index (χ1n) is 4.84. The quantitative estimate of drug-likeness (QED) is 0.529. The van der Waals surface area contributed by atoms with Gasteiger partial charge >= 0.3 is 0 Å². The Bertz CT molecular complexity index is 237. The molecular weight excluding hydrogens is 146 g/mol. The highest BCUT2D eigenvalue weighted by atomic mass is 15.1. The third-order valence-electron chi connectivity index (χ3n) is 2.84. The average Bonchev–Trinajstić information content (AvgIpc) is 2.05. The molecule has 1 unspecified atom stereocenters. The number of likely N-dealkylation sites (N-methyl/N-ethyl adjacent to an activating group) is 1. The van der Waals surface area contributed by atoms with E-state index in [1.807, 2.05) is 0 Å². The Balaban J connectivity index is 2.16. The fourth-order valence-electron chi connectivity index (χ4n) is 2.07. The molecule has 1 saturated heterocycles. The predicted molar refractivity (Wildman–Crippen MR) is 52.1 cm³/mol. The molecule has 0 N–H and O–H groups in total. The molecule has 1 fully saturated rings. The molecule has 0 aromatic rings. The molecule has 1 heteroatoms. The molecule has 1 aliphatic carbocycles.